The van der Waals surface area contributed by atoms with Gasteiger partial charge in [-0.1, -0.05) is 25.0 Å². The van der Waals surface area contributed by atoms with Crippen LogP contribution < -0.4 is 0 Å². The first-order chi connectivity index (χ1) is 8.75. The summed E-state index contributed by atoms with van der Waals surface area (Å²) in [7, 11) is -2.58. The molecule has 0 bridgehead atoms. The highest BCUT2D eigenvalue weighted by Gasteiger charge is 2.33. The summed E-state index contributed by atoms with van der Waals surface area (Å²) in [6.07, 6.45) is 3.57. The van der Waals surface area contributed by atoms with Crippen LogP contribution in [0.4, 0.5) is 0 Å². The van der Waals surface area contributed by atoms with E-state index in [9.17, 15) is 8.42 Å². The summed E-state index contributed by atoms with van der Waals surface area (Å²) in [5, 5.41) is 8.67. The molecular weight excluding hydrogens is 270 g/mol. The van der Waals surface area contributed by atoms with E-state index in [2.05, 4.69) is 0 Å². The monoisotopic (exact) mass is 287 g/mol. The predicted octanol–water partition coefficient (Wildman–Crippen LogP) is 1.60. The molecule has 2 rings (SSSR count). The van der Waals surface area contributed by atoms with Gasteiger partial charge in [0.15, 0.2) is 0 Å². The summed E-state index contributed by atoms with van der Waals surface area (Å²) in [6, 6.07) is 7.18. The molecule has 2 unspecified atom stereocenters. The Kier molecular flexibility index (Phi) is 5.05. The third-order valence-electron chi connectivity index (χ3n) is 2.84. The molecule has 0 radical (unpaired) electrons. The Labute approximate surface area is 112 Å². The van der Waals surface area contributed by atoms with Gasteiger partial charge in [0.05, 0.1) is 9.79 Å². The molecule has 100 valence electrons. The Morgan fingerprint density at radius 1 is 0.944 bits per heavy atom. The van der Waals surface area contributed by atoms with E-state index >= 15 is 0 Å². The van der Waals surface area contributed by atoms with Gasteiger partial charge in [-0.15, -0.1) is 3.71 Å². The van der Waals surface area contributed by atoms with E-state index in [-0.39, 0.29) is 6.61 Å². The van der Waals surface area contributed by atoms with Crippen LogP contribution in [-0.4, -0.2) is 30.4 Å². The van der Waals surface area contributed by atoms with Crippen molar-refractivity contribution in [2.75, 3.05) is 13.2 Å². The number of fused-ring (bicyclic) bond motifs is 1. The molecule has 1 aromatic carbocycles. The van der Waals surface area contributed by atoms with Crippen LogP contribution in [0, 0.1) is 0 Å². The number of aliphatic hydroxyl groups is 1. The predicted molar refractivity (Wildman–Crippen MR) is 71.5 cm³/mol. The van der Waals surface area contributed by atoms with Gasteiger partial charge in [0.1, 0.15) is 22.0 Å². The summed E-state index contributed by atoms with van der Waals surface area (Å²) in [5.41, 5.74) is 0. The second kappa shape index (κ2) is 6.56. The molecule has 1 aliphatic heterocycles. The molecule has 0 amide bonds. The quantitative estimate of drug-likeness (QED) is 0.809. The van der Waals surface area contributed by atoms with Crippen molar-refractivity contribution < 1.29 is 13.5 Å². The second-order valence-electron chi connectivity index (χ2n) is 4.14. The SMILES string of the molecule is O=S1c2ccccc2S(=O)N1CCCCCCO. The molecule has 0 saturated heterocycles. The van der Waals surface area contributed by atoms with E-state index in [0.717, 1.165) is 25.7 Å². The highest BCUT2D eigenvalue weighted by Crippen LogP contribution is 2.30. The zero-order valence-corrected chi connectivity index (χ0v) is 11.7. The molecule has 4 nitrogen and oxygen atoms in total. The number of hydrogen-bond acceptors (Lipinski definition) is 3. The van der Waals surface area contributed by atoms with Crippen LogP contribution in [-0.2, 0) is 22.0 Å². The third-order valence-corrected chi connectivity index (χ3v) is 6.36. The van der Waals surface area contributed by atoms with Crippen LogP contribution in [0.1, 0.15) is 25.7 Å². The van der Waals surface area contributed by atoms with Crippen molar-refractivity contribution in [2.24, 2.45) is 0 Å². The highest BCUT2D eigenvalue weighted by atomic mass is 32.3. The molecule has 2 atom stereocenters. The molecule has 1 aromatic rings. The lowest BCUT2D eigenvalue weighted by atomic mass is 10.2. The average Bonchev–Trinajstić information content (AvgIpc) is 2.64. The molecular formula is C12H17NO3S2. The van der Waals surface area contributed by atoms with Gasteiger partial charge in [-0.05, 0) is 25.0 Å². The molecule has 0 aromatic heterocycles. The first-order valence-corrected chi connectivity index (χ1v) is 8.28. The Balaban J connectivity index is 1.93. The van der Waals surface area contributed by atoms with Crippen LogP contribution >= 0.6 is 0 Å². The Morgan fingerprint density at radius 2 is 1.50 bits per heavy atom. The maximum absolute atomic E-state index is 12.1. The van der Waals surface area contributed by atoms with Crippen LogP contribution in [0.3, 0.4) is 0 Å². The molecule has 6 heteroatoms. The summed E-state index contributed by atoms with van der Waals surface area (Å²) < 4.78 is 25.8. The minimum Gasteiger partial charge on any atom is -0.396 e. The summed E-state index contributed by atoms with van der Waals surface area (Å²) in [6.45, 7) is 0.784. The Morgan fingerprint density at radius 3 is 2.06 bits per heavy atom. The first kappa shape index (κ1) is 13.9. The number of hydrogen-bond donors (Lipinski definition) is 1. The fourth-order valence-electron chi connectivity index (χ4n) is 1.89. The maximum atomic E-state index is 12.1. The van der Waals surface area contributed by atoms with Gasteiger partial charge >= 0.3 is 0 Å². The average molecular weight is 287 g/mol. The molecule has 0 saturated carbocycles. The number of unbranched alkanes of at least 4 members (excludes halogenated alkanes) is 3. The van der Waals surface area contributed by atoms with Crippen molar-refractivity contribution in [3.8, 4) is 0 Å². The van der Waals surface area contributed by atoms with Gasteiger partial charge in [-0.25, -0.2) is 8.42 Å². The smallest absolute Gasteiger partial charge is 0.141 e. The summed E-state index contributed by atoms with van der Waals surface area (Å²) in [5.74, 6) is 0. The zero-order valence-electron chi connectivity index (χ0n) is 10.1. The van der Waals surface area contributed by atoms with Crippen LogP contribution in [0.15, 0.2) is 34.1 Å². The van der Waals surface area contributed by atoms with Crippen molar-refractivity contribution in [1.82, 2.24) is 3.71 Å². The highest BCUT2D eigenvalue weighted by molar-refractivity contribution is 8.00. The third kappa shape index (κ3) is 2.88. The zero-order chi connectivity index (χ0) is 13.0. The topological polar surface area (TPSA) is 57.6 Å². The van der Waals surface area contributed by atoms with Gasteiger partial charge in [0, 0.05) is 13.2 Å². The van der Waals surface area contributed by atoms with E-state index in [1.54, 1.807) is 15.8 Å². The van der Waals surface area contributed by atoms with Crippen LogP contribution in [0.2, 0.25) is 0 Å². The van der Waals surface area contributed by atoms with Crippen molar-refractivity contribution in [2.45, 2.75) is 35.5 Å². The largest absolute Gasteiger partial charge is 0.396 e. The molecule has 1 aliphatic rings. The fourth-order valence-corrected chi connectivity index (χ4v) is 5.19. The van der Waals surface area contributed by atoms with E-state index in [0.29, 0.717) is 16.3 Å². The lowest BCUT2D eigenvalue weighted by molar-refractivity contribution is 0.282. The van der Waals surface area contributed by atoms with Gasteiger partial charge in [0.2, 0.25) is 0 Å². The summed E-state index contributed by atoms with van der Waals surface area (Å²) in [4.78, 5) is 1.34. The normalized spacial score (nSPS) is 23.2. The number of benzene rings is 1. The molecule has 0 fully saturated rings. The van der Waals surface area contributed by atoms with Crippen molar-refractivity contribution in [1.29, 1.82) is 0 Å². The summed E-state index contributed by atoms with van der Waals surface area (Å²) >= 11 is 0. The first-order valence-electron chi connectivity index (χ1n) is 6.07. The number of aliphatic hydroxyl groups excluding tert-OH is 1. The lowest BCUT2D eigenvalue weighted by Gasteiger charge is -2.11. The van der Waals surface area contributed by atoms with Crippen molar-refractivity contribution >= 4 is 22.0 Å². The standard InChI is InChI=1S/C12H17NO3S2/c14-10-6-2-1-5-9-13-17(15)11-7-3-4-8-12(11)18(13)16/h3-4,7-8,14H,1-2,5-6,9-10H2. The van der Waals surface area contributed by atoms with Gasteiger partial charge in [-0.3, -0.25) is 0 Å². The Hall–Kier alpha value is -0.560. The molecule has 0 spiro atoms. The van der Waals surface area contributed by atoms with E-state index in [4.69, 9.17) is 5.11 Å². The van der Waals surface area contributed by atoms with Gasteiger partial charge < -0.3 is 5.11 Å². The lowest BCUT2D eigenvalue weighted by Crippen LogP contribution is -2.23. The van der Waals surface area contributed by atoms with Crippen LogP contribution in [0.5, 0.6) is 0 Å². The fraction of sp³-hybridized carbons (Fsp3) is 0.500. The minimum absolute atomic E-state index is 0.215. The number of nitrogens with zero attached hydrogens (tertiary/aromatic N) is 1. The van der Waals surface area contributed by atoms with Gasteiger partial charge in [0.25, 0.3) is 0 Å². The molecule has 0 aliphatic carbocycles. The number of rotatable bonds is 6. The minimum atomic E-state index is -1.29. The van der Waals surface area contributed by atoms with Crippen molar-refractivity contribution in [3.05, 3.63) is 24.3 Å². The molecule has 1 heterocycles. The Bertz CT molecular complexity index is 429. The molecule has 18 heavy (non-hydrogen) atoms. The van der Waals surface area contributed by atoms with Crippen LogP contribution in [0.25, 0.3) is 0 Å². The van der Waals surface area contributed by atoms with Crippen molar-refractivity contribution in [3.63, 3.8) is 0 Å². The second-order valence-corrected chi connectivity index (χ2v) is 7.13. The molecule has 1 N–H and O–H groups in total. The van der Waals surface area contributed by atoms with E-state index < -0.39 is 22.0 Å². The maximum Gasteiger partial charge on any atom is 0.141 e. The van der Waals surface area contributed by atoms with E-state index in [1.165, 1.54) is 0 Å². The van der Waals surface area contributed by atoms with Gasteiger partial charge in [-0.2, -0.15) is 0 Å². The van der Waals surface area contributed by atoms with E-state index in [1.807, 2.05) is 12.1 Å².